The summed E-state index contributed by atoms with van der Waals surface area (Å²) in [6, 6.07) is 14.0. The van der Waals surface area contributed by atoms with Crippen molar-refractivity contribution in [3.63, 3.8) is 0 Å². The van der Waals surface area contributed by atoms with E-state index in [9.17, 15) is 19.7 Å². The number of nitro groups is 1. The molecule has 0 aliphatic heterocycles. The third-order valence-corrected chi connectivity index (χ3v) is 4.78. The number of carbonyl (C=O) groups is 2. The molecule has 0 aliphatic carbocycles. The zero-order valence-electron chi connectivity index (χ0n) is 14.9. The number of esters is 1. The van der Waals surface area contributed by atoms with E-state index in [1.54, 1.807) is 42.5 Å². The summed E-state index contributed by atoms with van der Waals surface area (Å²) in [5, 5.41) is 14.6. The highest BCUT2D eigenvalue weighted by atomic mass is 79.9. The Morgan fingerprint density at radius 1 is 1.10 bits per heavy atom. The molecule has 0 spiro atoms. The highest BCUT2D eigenvalue weighted by Gasteiger charge is 2.21. The first-order valence-electron chi connectivity index (χ1n) is 8.19. The van der Waals surface area contributed by atoms with E-state index >= 15 is 0 Å². The average Bonchev–Trinajstić information content (AvgIpc) is 3.22. The molecule has 30 heavy (non-hydrogen) atoms. The number of amides is 1. The van der Waals surface area contributed by atoms with Crippen LogP contribution in [0.2, 0.25) is 0 Å². The van der Waals surface area contributed by atoms with Crippen LogP contribution in [-0.2, 0) is 0 Å². The fourth-order valence-electron chi connectivity index (χ4n) is 2.25. The lowest BCUT2D eigenvalue weighted by atomic mass is 10.2. The molecule has 1 heterocycles. The lowest BCUT2D eigenvalue weighted by molar-refractivity contribution is -0.402. The summed E-state index contributed by atoms with van der Waals surface area (Å²) in [5.41, 5.74) is 3.48. The number of benzene rings is 2. The summed E-state index contributed by atoms with van der Waals surface area (Å²) in [4.78, 5) is 34.0. The monoisotopic (exact) mass is 535 g/mol. The molecule has 1 amide bonds. The number of carbonyl (C=O) groups excluding carboxylic acids is 2. The number of furan rings is 1. The van der Waals surface area contributed by atoms with Crippen LogP contribution in [0.3, 0.4) is 0 Å². The molecule has 3 aromatic rings. The number of halogens is 2. The van der Waals surface area contributed by atoms with Gasteiger partial charge in [0.1, 0.15) is 4.92 Å². The maximum Gasteiger partial charge on any atom is 0.433 e. The van der Waals surface area contributed by atoms with Crippen molar-refractivity contribution in [3.05, 3.63) is 90.5 Å². The highest BCUT2D eigenvalue weighted by molar-refractivity contribution is 9.11. The van der Waals surface area contributed by atoms with Crippen molar-refractivity contribution >= 4 is 55.8 Å². The van der Waals surface area contributed by atoms with E-state index in [1.807, 2.05) is 0 Å². The Bertz CT molecular complexity index is 1120. The van der Waals surface area contributed by atoms with Gasteiger partial charge in [-0.3, -0.25) is 14.9 Å². The van der Waals surface area contributed by atoms with Gasteiger partial charge in [0.05, 0.1) is 21.2 Å². The van der Waals surface area contributed by atoms with Gasteiger partial charge in [0.2, 0.25) is 5.76 Å². The zero-order chi connectivity index (χ0) is 21.7. The largest absolute Gasteiger partial charge is 0.433 e. The number of hydrogen-bond acceptors (Lipinski definition) is 7. The minimum atomic E-state index is -0.902. The van der Waals surface area contributed by atoms with Crippen LogP contribution in [0.25, 0.3) is 0 Å². The van der Waals surface area contributed by atoms with E-state index < -0.39 is 16.8 Å². The first kappa shape index (κ1) is 21.4. The highest BCUT2D eigenvalue weighted by Crippen LogP contribution is 2.35. The van der Waals surface area contributed by atoms with Gasteiger partial charge in [0.25, 0.3) is 5.91 Å². The normalized spacial score (nSPS) is 10.7. The van der Waals surface area contributed by atoms with E-state index in [4.69, 9.17) is 9.15 Å². The Balaban J connectivity index is 1.69. The van der Waals surface area contributed by atoms with E-state index in [-0.39, 0.29) is 17.4 Å². The van der Waals surface area contributed by atoms with Crippen molar-refractivity contribution < 1.29 is 23.7 Å². The SMILES string of the molecule is O=C(N/N=C\c1cc(Br)c(OC(=O)c2ccc([N+](=O)[O-])o2)c(Br)c1)c1ccccc1. The number of hydrogen-bond donors (Lipinski definition) is 1. The number of ether oxygens (including phenoxy) is 1. The summed E-state index contributed by atoms with van der Waals surface area (Å²) in [5.74, 6) is -1.99. The molecule has 152 valence electrons. The number of nitrogens with one attached hydrogen (secondary N) is 1. The van der Waals surface area contributed by atoms with Gasteiger partial charge in [0.15, 0.2) is 5.75 Å². The van der Waals surface area contributed by atoms with Crippen molar-refractivity contribution in [2.75, 3.05) is 0 Å². The summed E-state index contributed by atoms with van der Waals surface area (Å²) in [7, 11) is 0. The van der Waals surface area contributed by atoms with Gasteiger partial charge in [-0.25, -0.2) is 10.2 Å². The molecule has 0 unspecified atom stereocenters. The number of nitrogens with zero attached hydrogens (tertiary/aromatic N) is 2. The van der Waals surface area contributed by atoms with Crippen LogP contribution >= 0.6 is 31.9 Å². The second kappa shape index (κ2) is 9.46. The van der Waals surface area contributed by atoms with E-state index in [1.165, 1.54) is 6.21 Å². The third-order valence-electron chi connectivity index (χ3n) is 3.60. The van der Waals surface area contributed by atoms with E-state index in [0.717, 1.165) is 12.1 Å². The molecular weight excluding hydrogens is 526 g/mol. The molecule has 11 heteroatoms. The first-order chi connectivity index (χ1) is 14.3. The molecule has 0 fully saturated rings. The molecule has 0 bridgehead atoms. The Kier molecular flexibility index (Phi) is 6.75. The summed E-state index contributed by atoms with van der Waals surface area (Å²) in [6.07, 6.45) is 1.41. The van der Waals surface area contributed by atoms with Crippen molar-refractivity contribution in [2.24, 2.45) is 5.10 Å². The molecule has 0 aliphatic rings. The molecule has 0 saturated heterocycles. The Labute approximate surface area is 186 Å². The fraction of sp³-hybridized carbons (Fsp3) is 0. The second-order valence-electron chi connectivity index (χ2n) is 5.66. The van der Waals surface area contributed by atoms with Gasteiger partial charge < -0.3 is 9.15 Å². The smallest absolute Gasteiger partial charge is 0.418 e. The van der Waals surface area contributed by atoms with Crippen LogP contribution in [0, 0.1) is 10.1 Å². The zero-order valence-corrected chi connectivity index (χ0v) is 18.0. The Morgan fingerprint density at radius 2 is 1.77 bits per heavy atom. The van der Waals surface area contributed by atoms with Crippen LogP contribution in [0.1, 0.15) is 26.5 Å². The standard InChI is InChI=1S/C19H11Br2N3O6/c20-13-8-11(10-22-23-18(25)12-4-2-1-3-5-12)9-14(21)17(13)30-19(26)15-6-7-16(29-15)24(27)28/h1-10H,(H,23,25)/b22-10-. The quantitative estimate of drug-likeness (QED) is 0.160. The molecular formula is C19H11Br2N3O6. The predicted molar refractivity (Wildman–Crippen MR) is 114 cm³/mol. The van der Waals surface area contributed by atoms with Crippen LogP contribution < -0.4 is 10.2 Å². The third kappa shape index (κ3) is 5.19. The molecule has 0 radical (unpaired) electrons. The van der Waals surface area contributed by atoms with Gasteiger partial charge in [-0.05, 0) is 67.8 Å². The van der Waals surface area contributed by atoms with E-state index in [0.29, 0.717) is 20.1 Å². The molecule has 2 aromatic carbocycles. The fourth-order valence-corrected chi connectivity index (χ4v) is 3.63. The van der Waals surface area contributed by atoms with Crippen LogP contribution in [0.15, 0.2) is 73.1 Å². The van der Waals surface area contributed by atoms with Gasteiger partial charge >= 0.3 is 11.9 Å². The van der Waals surface area contributed by atoms with Gasteiger partial charge in [-0.15, -0.1) is 0 Å². The summed E-state index contributed by atoms with van der Waals surface area (Å²) < 4.78 is 10.9. The number of hydrazone groups is 1. The molecule has 0 atom stereocenters. The Morgan fingerprint density at radius 3 is 2.37 bits per heavy atom. The van der Waals surface area contributed by atoms with Gasteiger partial charge in [-0.2, -0.15) is 5.10 Å². The maximum absolute atomic E-state index is 12.2. The number of rotatable bonds is 6. The molecule has 1 N–H and O–H groups in total. The maximum atomic E-state index is 12.2. The Hall–Kier alpha value is -3.31. The van der Waals surface area contributed by atoms with Crippen molar-refractivity contribution in [1.82, 2.24) is 5.43 Å². The average molecular weight is 537 g/mol. The minimum Gasteiger partial charge on any atom is -0.418 e. The second-order valence-corrected chi connectivity index (χ2v) is 7.37. The molecule has 9 nitrogen and oxygen atoms in total. The van der Waals surface area contributed by atoms with Gasteiger partial charge in [0, 0.05) is 5.56 Å². The van der Waals surface area contributed by atoms with E-state index in [2.05, 4.69) is 42.4 Å². The summed E-state index contributed by atoms with van der Waals surface area (Å²) >= 11 is 6.58. The molecule has 3 rings (SSSR count). The summed E-state index contributed by atoms with van der Waals surface area (Å²) in [6.45, 7) is 0. The van der Waals surface area contributed by atoms with Crippen molar-refractivity contribution in [3.8, 4) is 5.75 Å². The lowest BCUT2D eigenvalue weighted by Crippen LogP contribution is -2.17. The molecule has 0 saturated carbocycles. The lowest BCUT2D eigenvalue weighted by Gasteiger charge is -2.08. The molecule has 1 aromatic heterocycles. The van der Waals surface area contributed by atoms with Crippen LogP contribution in [0.5, 0.6) is 5.75 Å². The topological polar surface area (TPSA) is 124 Å². The predicted octanol–water partition coefficient (Wildman–Crippen LogP) is 4.70. The minimum absolute atomic E-state index is 0.143. The van der Waals surface area contributed by atoms with Gasteiger partial charge in [-0.1, -0.05) is 18.2 Å². The van der Waals surface area contributed by atoms with Crippen molar-refractivity contribution in [2.45, 2.75) is 0 Å². The van der Waals surface area contributed by atoms with Crippen molar-refractivity contribution in [1.29, 1.82) is 0 Å². The first-order valence-corrected chi connectivity index (χ1v) is 9.77. The van der Waals surface area contributed by atoms with Crippen LogP contribution in [0.4, 0.5) is 5.88 Å². The van der Waals surface area contributed by atoms with Crippen LogP contribution in [-0.4, -0.2) is 23.0 Å².